The van der Waals surface area contributed by atoms with Gasteiger partial charge in [-0.15, -0.1) is 0 Å². The van der Waals surface area contributed by atoms with E-state index in [1.807, 2.05) is 0 Å². The highest BCUT2D eigenvalue weighted by atomic mass is 35.5. The largest absolute Gasteiger partial charge is 0.493 e. The number of hydrogen-bond acceptors (Lipinski definition) is 4. The highest BCUT2D eigenvalue weighted by Gasteiger charge is 2.21. The number of aromatic carboxylic acids is 1. The fourth-order valence-electron chi connectivity index (χ4n) is 3.28. The number of aromatic hydroxyl groups is 1. The van der Waals surface area contributed by atoms with Gasteiger partial charge in [0.25, 0.3) is 0 Å². The van der Waals surface area contributed by atoms with Crippen molar-refractivity contribution in [1.82, 2.24) is 9.13 Å². The van der Waals surface area contributed by atoms with Gasteiger partial charge in [-0.1, -0.05) is 47.5 Å². The molecule has 2 N–H and O–H groups in total. The van der Waals surface area contributed by atoms with Crippen LogP contribution in [-0.4, -0.2) is 25.3 Å². The molecule has 0 aliphatic carbocycles. The average Bonchev–Trinajstić information content (AvgIpc) is 3.29. The molecule has 0 saturated heterocycles. The zero-order valence-corrected chi connectivity index (χ0v) is 17.0. The van der Waals surface area contributed by atoms with Gasteiger partial charge in [-0.25, -0.2) is 14.2 Å². The number of hydrogen-bond donors (Lipinski definition) is 2. The third-order valence-corrected chi connectivity index (χ3v) is 5.47. The summed E-state index contributed by atoms with van der Waals surface area (Å²) in [5.74, 6) is -1.59. The third kappa shape index (κ3) is 3.18. The molecule has 4 rings (SSSR count). The Balaban J connectivity index is 1.80. The maximum atomic E-state index is 12.8. The molecule has 0 unspecified atom stereocenters. The number of carbonyl (C=O) groups is 1. The molecule has 0 fully saturated rings. The van der Waals surface area contributed by atoms with Gasteiger partial charge < -0.3 is 14.6 Å². The van der Waals surface area contributed by atoms with Gasteiger partial charge in [-0.2, -0.15) is 0 Å². The van der Waals surface area contributed by atoms with Crippen LogP contribution in [0.25, 0.3) is 28.1 Å². The second kappa shape index (κ2) is 7.44. The summed E-state index contributed by atoms with van der Waals surface area (Å²) in [6.07, 6.45) is 1.31. The van der Waals surface area contributed by atoms with Crippen LogP contribution < -0.4 is 5.69 Å². The zero-order valence-electron chi connectivity index (χ0n) is 15.5. The molecule has 0 atom stereocenters. The van der Waals surface area contributed by atoms with E-state index in [0.717, 1.165) is 4.57 Å². The van der Waals surface area contributed by atoms with Crippen molar-refractivity contribution >= 4 is 29.2 Å². The topological polar surface area (TPSA) is 97.6 Å². The van der Waals surface area contributed by atoms with E-state index in [-0.39, 0.29) is 16.7 Å². The lowest BCUT2D eigenvalue weighted by Crippen LogP contribution is -2.21. The first-order valence-corrected chi connectivity index (χ1v) is 9.43. The standard InChI is InChI=1S/C21H14Cl2N2O5/c1-24-17(19(26)25(21(24)29)13-6-7-15(22)16(23)10-13)12-4-2-11(3-5-12)14-8-9-30-18(14)20(27)28/h2-10,26H,1H3,(H,27,28). The fourth-order valence-corrected chi connectivity index (χ4v) is 3.57. The molecule has 2 aromatic carbocycles. The van der Waals surface area contributed by atoms with Crippen molar-refractivity contribution < 1.29 is 19.4 Å². The SMILES string of the molecule is Cn1c(-c2ccc(-c3ccoc3C(=O)O)cc2)c(O)n(-c2ccc(Cl)c(Cl)c2)c1=O. The molecule has 0 amide bonds. The molecule has 152 valence electrons. The first-order chi connectivity index (χ1) is 14.3. The maximum absolute atomic E-state index is 12.8. The summed E-state index contributed by atoms with van der Waals surface area (Å²) in [6.45, 7) is 0. The molecule has 9 heteroatoms. The van der Waals surface area contributed by atoms with Gasteiger partial charge in [0.05, 0.1) is 22.0 Å². The second-order valence-electron chi connectivity index (χ2n) is 6.49. The normalized spacial score (nSPS) is 11.0. The number of rotatable bonds is 4. The summed E-state index contributed by atoms with van der Waals surface area (Å²) in [5, 5.41) is 20.6. The van der Waals surface area contributed by atoms with Crippen molar-refractivity contribution in [3.63, 3.8) is 0 Å². The van der Waals surface area contributed by atoms with Crippen LogP contribution >= 0.6 is 23.2 Å². The molecular formula is C21H14Cl2N2O5. The molecule has 0 spiro atoms. The van der Waals surface area contributed by atoms with E-state index in [2.05, 4.69) is 0 Å². The number of imidazole rings is 1. The lowest BCUT2D eigenvalue weighted by molar-refractivity contribution is 0.0663. The number of halogens is 2. The predicted octanol–water partition coefficient (Wildman–Crippen LogP) is 4.81. The predicted molar refractivity (Wildman–Crippen MR) is 113 cm³/mol. The molecule has 4 aromatic rings. The van der Waals surface area contributed by atoms with Crippen molar-refractivity contribution in [3.8, 4) is 34.0 Å². The van der Waals surface area contributed by atoms with Crippen LogP contribution in [0.5, 0.6) is 5.88 Å². The van der Waals surface area contributed by atoms with Crippen molar-refractivity contribution in [3.05, 3.63) is 81.1 Å². The van der Waals surface area contributed by atoms with E-state index >= 15 is 0 Å². The van der Waals surface area contributed by atoms with Gasteiger partial charge in [0, 0.05) is 18.2 Å². The zero-order chi connectivity index (χ0) is 21.6. The fraction of sp³-hybridized carbons (Fsp3) is 0.0476. The Morgan fingerprint density at radius 3 is 2.30 bits per heavy atom. The average molecular weight is 445 g/mol. The Bertz CT molecular complexity index is 1330. The van der Waals surface area contributed by atoms with Crippen LogP contribution in [0.15, 0.2) is 64.0 Å². The minimum Gasteiger partial charge on any atom is -0.493 e. The molecule has 0 bridgehead atoms. The van der Waals surface area contributed by atoms with Crippen molar-refractivity contribution in [1.29, 1.82) is 0 Å². The Morgan fingerprint density at radius 2 is 1.67 bits per heavy atom. The number of aromatic nitrogens is 2. The van der Waals surface area contributed by atoms with E-state index in [9.17, 15) is 19.8 Å². The highest BCUT2D eigenvalue weighted by Crippen LogP contribution is 2.33. The first-order valence-electron chi connectivity index (χ1n) is 8.67. The minimum atomic E-state index is -1.17. The van der Waals surface area contributed by atoms with Crippen LogP contribution in [0.4, 0.5) is 0 Å². The van der Waals surface area contributed by atoms with Gasteiger partial charge >= 0.3 is 11.7 Å². The summed E-state index contributed by atoms with van der Waals surface area (Å²) in [5.41, 5.74) is 1.82. The van der Waals surface area contributed by atoms with Gasteiger partial charge in [-0.05, 0) is 29.8 Å². The lowest BCUT2D eigenvalue weighted by Gasteiger charge is -2.06. The molecule has 0 aliphatic rings. The van der Waals surface area contributed by atoms with Crippen LogP contribution in [0, 0.1) is 0 Å². The molecule has 2 aromatic heterocycles. The van der Waals surface area contributed by atoms with Crippen molar-refractivity contribution in [2.45, 2.75) is 0 Å². The van der Waals surface area contributed by atoms with Gasteiger partial charge in [0.2, 0.25) is 11.6 Å². The summed E-state index contributed by atoms with van der Waals surface area (Å²) in [4.78, 5) is 24.0. The van der Waals surface area contributed by atoms with E-state index in [0.29, 0.717) is 33.1 Å². The van der Waals surface area contributed by atoms with E-state index in [1.54, 1.807) is 36.4 Å². The van der Waals surface area contributed by atoms with Crippen LogP contribution in [0.1, 0.15) is 10.6 Å². The molecular weight excluding hydrogens is 431 g/mol. The number of carboxylic acids is 1. The second-order valence-corrected chi connectivity index (χ2v) is 7.31. The summed E-state index contributed by atoms with van der Waals surface area (Å²) < 4.78 is 7.45. The van der Waals surface area contributed by atoms with Gasteiger partial charge in [-0.3, -0.25) is 4.57 Å². The lowest BCUT2D eigenvalue weighted by atomic mass is 10.0. The Kier molecular flexibility index (Phi) is 4.93. The Labute approximate surface area is 179 Å². The summed E-state index contributed by atoms with van der Waals surface area (Å²) >= 11 is 12.0. The quantitative estimate of drug-likeness (QED) is 0.470. The number of carboxylic acid groups (broad SMARTS) is 1. The number of furan rings is 1. The van der Waals surface area contributed by atoms with E-state index in [4.69, 9.17) is 27.6 Å². The first kappa shape index (κ1) is 19.9. The van der Waals surface area contributed by atoms with Crippen LogP contribution in [-0.2, 0) is 7.05 Å². The molecule has 0 saturated carbocycles. The van der Waals surface area contributed by atoms with E-state index < -0.39 is 11.7 Å². The van der Waals surface area contributed by atoms with Crippen molar-refractivity contribution in [2.24, 2.45) is 7.05 Å². The summed E-state index contributed by atoms with van der Waals surface area (Å²) in [7, 11) is 1.54. The highest BCUT2D eigenvalue weighted by molar-refractivity contribution is 6.42. The van der Waals surface area contributed by atoms with Crippen LogP contribution in [0.3, 0.4) is 0 Å². The van der Waals surface area contributed by atoms with Gasteiger partial charge in [0.15, 0.2) is 0 Å². The molecule has 0 radical (unpaired) electrons. The molecule has 30 heavy (non-hydrogen) atoms. The van der Waals surface area contributed by atoms with Gasteiger partial charge in [0.1, 0.15) is 5.69 Å². The smallest absolute Gasteiger partial charge is 0.372 e. The summed E-state index contributed by atoms with van der Waals surface area (Å²) in [6, 6.07) is 12.9. The Morgan fingerprint density at radius 1 is 1.00 bits per heavy atom. The maximum Gasteiger partial charge on any atom is 0.372 e. The third-order valence-electron chi connectivity index (χ3n) is 4.73. The number of benzene rings is 2. The Hall–Kier alpha value is -3.42. The van der Waals surface area contributed by atoms with E-state index in [1.165, 1.54) is 30.0 Å². The number of nitrogens with zero attached hydrogens (tertiary/aromatic N) is 2. The van der Waals surface area contributed by atoms with Crippen molar-refractivity contribution in [2.75, 3.05) is 0 Å². The molecule has 0 aliphatic heterocycles. The minimum absolute atomic E-state index is 0.163. The monoisotopic (exact) mass is 444 g/mol. The van der Waals surface area contributed by atoms with Crippen LogP contribution in [0.2, 0.25) is 10.0 Å². The molecule has 7 nitrogen and oxygen atoms in total. The molecule has 2 heterocycles.